The van der Waals surface area contributed by atoms with Gasteiger partial charge in [-0.05, 0) is 36.8 Å². The van der Waals surface area contributed by atoms with Crippen LogP contribution in [0.5, 0.6) is 0 Å². The van der Waals surface area contributed by atoms with Crippen molar-refractivity contribution in [1.29, 1.82) is 0 Å². The Hall–Kier alpha value is -2.43. The summed E-state index contributed by atoms with van der Waals surface area (Å²) in [4.78, 5) is 10.4. The van der Waals surface area contributed by atoms with Crippen molar-refractivity contribution in [2.75, 3.05) is 0 Å². The summed E-state index contributed by atoms with van der Waals surface area (Å²) < 4.78 is 66.1. The molecule has 0 bridgehead atoms. The van der Waals surface area contributed by atoms with E-state index in [1.807, 2.05) is 0 Å². The maximum atomic E-state index is 13.0. The molecule has 0 aliphatic rings. The third kappa shape index (κ3) is 4.40. The van der Waals surface area contributed by atoms with Crippen LogP contribution in [0.3, 0.4) is 0 Å². The van der Waals surface area contributed by atoms with Crippen LogP contribution < -0.4 is 10.2 Å². The molecular formula is C16H15F3N2O4S. The van der Waals surface area contributed by atoms with Crippen LogP contribution in [0.4, 0.5) is 13.2 Å². The van der Waals surface area contributed by atoms with Gasteiger partial charge in [-0.3, -0.25) is 10.0 Å². The van der Waals surface area contributed by atoms with Crippen molar-refractivity contribution in [1.82, 2.24) is 10.2 Å². The summed E-state index contributed by atoms with van der Waals surface area (Å²) in [5.74, 6) is -0.746. The van der Waals surface area contributed by atoms with Gasteiger partial charge in [0, 0.05) is 11.6 Å². The summed E-state index contributed by atoms with van der Waals surface area (Å²) in [6.07, 6.45) is -4.81. The number of benzene rings is 2. The molecule has 140 valence electrons. The van der Waals surface area contributed by atoms with E-state index in [0.717, 1.165) is 12.1 Å². The van der Waals surface area contributed by atoms with Crippen molar-refractivity contribution in [3.63, 3.8) is 0 Å². The second kappa shape index (κ2) is 7.44. The van der Waals surface area contributed by atoms with Crippen molar-refractivity contribution >= 4 is 15.9 Å². The first-order chi connectivity index (χ1) is 12.1. The number of hydrogen-bond acceptors (Lipinski definition) is 4. The van der Waals surface area contributed by atoms with Gasteiger partial charge in [0.05, 0.1) is 10.5 Å². The molecule has 0 saturated heterocycles. The fourth-order valence-electron chi connectivity index (χ4n) is 2.29. The molecule has 0 aliphatic carbocycles. The molecular weight excluding hydrogens is 373 g/mol. The van der Waals surface area contributed by atoms with Crippen molar-refractivity contribution < 1.29 is 31.6 Å². The minimum Gasteiger partial charge on any atom is -0.288 e. The van der Waals surface area contributed by atoms with E-state index in [9.17, 15) is 26.4 Å². The average Bonchev–Trinajstić information content (AvgIpc) is 2.60. The number of carbonyl (C=O) groups excluding carboxylic acids is 1. The van der Waals surface area contributed by atoms with Gasteiger partial charge >= 0.3 is 6.18 Å². The third-order valence-corrected chi connectivity index (χ3v) is 5.19. The summed E-state index contributed by atoms with van der Waals surface area (Å²) in [5.41, 5.74) is 0.755. The van der Waals surface area contributed by atoms with Crippen molar-refractivity contribution in [3.05, 3.63) is 65.2 Å². The largest absolute Gasteiger partial charge is 0.417 e. The van der Waals surface area contributed by atoms with Gasteiger partial charge in [0.2, 0.25) is 10.0 Å². The lowest BCUT2D eigenvalue weighted by molar-refractivity contribution is -0.139. The van der Waals surface area contributed by atoms with Crippen LogP contribution in [-0.2, 0) is 16.2 Å². The molecule has 2 aromatic carbocycles. The number of alkyl halides is 3. The van der Waals surface area contributed by atoms with E-state index >= 15 is 0 Å². The van der Waals surface area contributed by atoms with Crippen LogP contribution in [0.15, 0.2) is 53.4 Å². The summed E-state index contributed by atoms with van der Waals surface area (Å²) >= 11 is 0. The minimum absolute atomic E-state index is 0.133. The number of halogens is 3. The van der Waals surface area contributed by atoms with Gasteiger partial charge in [-0.15, -0.1) is 0 Å². The Bertz CT molecular complexity index is 896. The van der Waals surface area contributed by atoms with Gasteiger partial charge in [0.25, 0.3) is 5.91 Å². The van der Waals surface area contributed by atoms with Gasteiger partial charge in [0.15, 0.2) is 0 Å². The Morgan fingerprint density at radius 2 is 1.65 bits per heavy atom. The number of amides is 1. The standard InChI is InChI=1S/C16H15F3N2O4S/c1-10(11-6-8-12(9-7-11)15(22)20-23)21-26(24,25)14-5-3-2-4-13(14)16(17,18)19/h2-10,21,23H,1H3,(H,20,22). The van der Waals surface area contributed by atoms with E-state index in [2.05, 4.69) is 4.72 Å². The molecule has 1 amide bonds. The van der Waals surface area contributed by atoms with Gasteiger partial charge in [-0.1, -0.05) is 24.3 Å². The first kappa shape index (κ1) is 19.9. The topological polar surface area (TPSA) is 95.5 Å². The van der Waals surface area contributed by atoms with Crippen molar-refractivity contribution in [2.24, 2.45) is 0 Å². The quantitative estimate of drug-likeness (QED) is 0.542. The molecule has 0 aliphatic heterocycles. The summed E-state index contributed by atoms with van der Waals surface area (Å²) in [6, 6.07) is 8.57. The summed E-state index contributed by atoms with van der Waals surface area (Å²) in [6.45, 7) is 1.45. The predicted molar refractivity (Wildman–Crippen MR) is 85.9 cm³/mol. The first-order valence-corrected chi connectivity index (χ1v) is 8.77. The number of nitrogens with one attached hydrogen (secondary N) is 2. The Kier molecular flexibility index (Phi) is 5.69. The van der Waals surface area contributed by atoms with Crippen LogP contribution in [0.1, 0.15) is 34.5 Å². The smallest absolute Gasteiger partial charge is 0.288 e. The highest BCUT2D eigenvalue weighted by molar-refractivity contribution is 7.89. The lowest BCUT2D eigenvalue weighted by Gasteiger charge is -2.18. The monoisotopic (exact) mass is 388 g/mol. The lowest BCUT2D eigenvalue weighted by atomic mass is 10.1. The zero-order valence-electron chi connectivity index (χ0n) is 13.4. The average molecular weight is 388 g/mol. The molecule has 1 atom stereocenters. The van der Waals surface area contributed by atoms with E-state index < -0.39 is 38.6 Å². The molecule has 0 radical (unpaired) electrons. The van der Waals surface area contributed by atoms with Gasteiger partial charge in [0.1, 0.15) is 0 Å². The number of hydrogen-bond donors (Lipinski definition) is 3. The molecule has 3 N–H and O–H groups in total. The van der Waals surface area contributed by atoms with E-state index in [4.69, 9.17) is 5.21 Å². The second-order valence-electron chi connectivity index (χ2n) is 5.40. The van der Waals surface area contributed by atoms with Gasteiger partial charge in [-0.2, -0.15) is 13.2 Å². The van der Waals surface area contributed by atoms with Gasteiger partial charge in [-0.25, -0.2) is 18.6 Å². The van der Waals surface area contributed by atoms with Crippen LogP contribution >= 0.6 is 0 Å². The van der Waals surface area contributed by atoms with E-state index in [1.165, 1.54) is 42.7 Å². The van der Waals surface area contributed by atoms with Gasteiger partial charge < -0.3 is 0 Å². The fourth-order valence-corrected chi connectivity index (χ4v) is 3.75. The first-order valence-electron chi connectivity index (χ1n) is 7.29. The SMILES string of the molecule is CC(NS(=O)(=O)c1ccccc1C(F)(F)F)c1ccc(C(=O)NO)cc1. The van der Waals surface area contributed by atoms with Crippen LogP contribution in [0.25, 0.3) is 0 Å². The van der Waals surface area contributed by atoms with E-state index in [1.54, 1.807) is 0 Å². The molecule has 26 heavy (non-hydrogen) atoms. The zero-order valence-corrected chi connectivity index (χ0v) is 14.2. The molecule has 0 saturated carbocycles. The molecule has 6 nitrogen and oxygen atoms in total. The summed E-state index contributed by atoms with van der Waals surface area (Å²) in [7, 11) is -4.44. The lowest BCUT2D eigenvalue weighted by Crippen LogP contribution is -2.29. The number of rotatable bonds is 5. The normalized spacial score (nSPS) is 13.3. The molecule has 10 heteroatoms. The summed E-state index contributed by atoms with van der Waals surface area (Å²) in [5, 5.41) is 8.55. The molecule has 0 heterocycles. The molecule has 0 fully saturated rings. The highest BCUT2D eigenvalue weighted by atomic mass is 32.2. The molecule has 2 rings (SSSR count). The molecule has 2 aromatic rings. The maximum Gasteiger partial charge on any atom is 0.417 e. The number of carbonyl (C=O) groups is 1. The Labute approximate surface area is 147 Å². The second-order valence-corrected chi connectivity index (χ2v) is 7.08. The number of sulfonamides is 1. The molecule has 1 unspecified atom stereocenters. The highest BCUT2D eigenvalue weighted by Crippen LogP contribution is 2.34. The number of hydroxylamine groups is 1. The van der Waals surface area contributed by atoms with Crippen molar-refractivity contribution in [3.8, 4) is 0 Å². The molecule has 0 aromatic heterocycles. The van der Waals surface area contributed by atoms with Crippen LogP contribution in [0.2, 0.25) is 0 Å². The fraction of sp³-hybridized carbons (Fsp3) is 0.188. The van der Waals surface area contributed by atoms with Crippen molar-refractivity contribution in [2.45, 2.75) is 24.0 Å². The van der Waals surface area contributed by atoms with Crippen LogP contribution in [-0.4, -0.2) is 19.5 Å². The van der Waals surface area contributed by atoms with Crippen LogP contribution in [0, 0.1) is 0 Å². The minimum atomic E-state index is -4.81. The highest BCUT2D eigenvalue weighted by Gasteiger charge is 2.37. The Morgan fingerprint density at radius 3 is 2.19 bits per heavy atom. The van der Waals surface area contributed by atoms with E-state index in [0.29, 0.717) is 11.6 Å². The maximum absolute atomic E-state index is 13.0. The predicted octanol–water partition coefficient (Wildman–Crippen LogP) is 2.86. The van der Waals surface area contributed by atoms with E-state index in [-0.39, 0.29) is 5.56 Å². The third-order valence-electron chi connectivity index (χ3n) is 3.59. The Balaban J connectivity index is 2.29. The Morgan fingerprint density at radius 1 is 1.08 bits per heavy atom. The zero-order chi connectivity index (χ0) is 19.5. The molecule has 0 spiro atoms.